The van der Waals surface area contributed by atoms with Crippen LogP contribution in [0.4, 0.5) is 0 Å². The van der Waals surface area contributed by atoms with E-state index < -0.39 is 25.6 Å². The molecule has 0 radical (unpaired) electrons. The molecular weight excluding hydrogens is 739 g/mol. The average molecular weight is 845 g/mol. The molecule has 7 nitrogen and oxygen atoms in total. The highest BCUT2D eigenvalue weighted by atomic mass is 28.4. The Labute approximate surface area is 364 Å². The van der Waals surface area contributed by atoms with Crippen LogP contribution < -0.4 is 0 Å². The molecule has 0 aliphatic rings. The zero-order chi connectivity index (χ0) is 44.0. The third-order valence-corrected chi connectivity index (χ3v) is 15.0. The molecule has 0 aliphatic heterocycles. The highest BCUT2D eigenvalue weighted by molar-refractivity contribution is 6.60. The topological polar surface area (TPSA) is 88.4 Å². The van der Waals surface area contributed by atoms with Crippen molar-refractivity contribution >= 4 is 8.80 Å². The molecule has 4 unspecified atom stereocenters. The van der Waals surface area contributed by atoms with Gasteiger partial charge in [-0.2, -0.15) is 0 Å². The fraction of sp³-hybridized carbons (Fsp3) is 1.00. The molecule has 4 atom stereocenters. The molecule has 0 saturated carbocycles. The van der Waals surface area contributed by atoms with E-state index in [-0.39, 0.29) is 18.3 Å². The fourth-order valence-corrected chi connectivity index (χ4v) is 12.3. The first kappa shape index (κ1) is 57.9. The van der Waals surface area contributed by atoms with Crippen LogP contribution in [0.3, 0.4) is 0 Å². The smallest absolute Gasteiger partial charge is 0.390 e. The molecule has 8 heteroatoms. The van der Waals surface area contributed by atoms with Gasteiger partial charge in [-0.25, -0.2) is 0 Å². The molecule has 0 rings (SSSR count). The molecule has 0 aromatic carbocycles. The predicted molar refractivity (Wildman–Crippen MR) is 253 cm³/mol. The van der Waals surface area contributed by atoms with Gasteiger partial charge in [-0.3, -0.25) is 0 Å². The first-order valence-electron chi connectivity index (χ1n) is 25.2. The second kappa shape index (κ2) is 32.6. The maximum atomic E-state index is 10.7. The Kier molecular flexibility index (Phi) is 32.6. The minimum Gasteiger partial charge on any atom is -0.390 e. The summed E-state index contributed by atoms with van der Waals surface area (Å²) in [4.78, 5) is 0. The zero-order valence-corrected chi connectivity index (χ0v) is 42.4. The monoisotopic (exact) mass is 845 g/mol. The number of hydrogen-bond acceptors (Lipinski definition) is 6. The highest BCUT2D eigenvalue weighted by Crippen LogP contribution is 2.31. The van der Waals surface area contributed by atoms with E-state index in [1.807, 2.05) is 62.3 Å². The minimum atomic E-state index is -3.36. The van der Waals surface area contributed by atoms with Crippen LogP contribution in [-0.4, -0.2) is 90.4 Å². The van der Waals surface area contributed by atoms with Crippen molar-refractivity contribution in [1.29, 1.82) is 0 Å². The quantitative estimate of drug-likeness (QED) is 0.0322. The van der Waals surface area contributed by atoms with E-state index in [2.05, 4.69) is 20.9 Å². The Morgan fingerprint density at radius 1 is 0.397 bits per heavy atom. The summed E-state index contributed by atoms with van der Waals surface area (Å²) in [6.45, 7) is 25.0. The number of unbranched alkanes of at least 4 members (excludes halogenated alkanes) is 22. The van der Waals surface area contributed by atoms with Gasteiger partial charge in [0.05, 0.1) is 43.5 Å². The van der Waals surface area contributed by atoms with Gasteiger partial charge < -0.3 is 33.1 Å². The van der Waals surface area contributed by atoms with E-state index in [0.717, 1.165) is 17.4 Å². The van der Waals surface area contributed by atoms with Crippen molar-refractivity contribution in [2.45, 2.75) is 297 Å². The predicted octanol–water partition coefficient (Wildman–Crippen LogP) is 13.9. The van der Waals surface area contributed by atoms with E-state index in [1.165, 1.54) is 167 Å². The summed E-state index contributed by atoms with van der Waals surface area (Å²) in [5.74, 6) is 0. The average Bonchev–Trinajstić information content (AvgIpc) is 3.06. The molecule has 0 fully saturated rings. The van der Waals surface area contributed by atoms with Gasteiger partial charge in [0, 0.05) is 50.0 Å². The Bertz CT molecular complexity index is 871. The largest absolute Gasteiger partial charge is 0.501 e. The second-order valence-electron chi connectivity index (χ2n) is 21.2. The molecule has 0 aromatic rings. The van der Waals surface area contributed by atoms with Crippen molar-refractivity contribution in [1.82, 2.24) is 0 Å². The summed E-state index contributed by atoms with van der Waals surface area (Å²) < 4.78 is 21.8. The lowest BCUT2D eigenvalue weighted by Crippen LogP contribution is -2.54. The Hall–Kier alpha value is -0.0631. The van der Waals surface area contributed by atoms with Gasteiger partial charge >= 0.3 is 8.80 Å². The molecule has 0 spiro atoms. The van der Waals surface area contributed by atoms with Crippen LogP contribution in [0.5, 0.6) is 0 Å². The maximum absolute atomic E-state index is 10.7. The van der Waals surface area contributed by atoms with Crippen molar-refractivity contribution in [3.05, 3.63) is 0 Å². The van der Waals surface area contributed by atoms with Crippen molar-refractivity contribution in [2.24, 2.45) is 0 Å². The summed E-state index contributed by atoms with van der Waals surface area (Å²) in [6, 6.07) is 0.666. The summed E-state index contributed by atoms with van der Waals surface area (Å²) in [5.41, 5.74) is -2.68. The van der Waals surface area contributed by atoms with Crippen molar-refractivity contribution in [3.63, 3.8) is 0 Å². The van der Waals surface area contributed by atoms with Gasteiger partial charge in [-0.1, -0.05) is 142 Å². The van der Waals surface area contributed by atoms with Crippen LogP contribution in [-0.2, 0) is 13.3 Å². The molecule has 350 valence electrons. The normalized spacial score (nSPS) is 16.6. The Morgan fingerprint density at radius 3 is 0.862 bits per heavy atom. The SMILES string of the molecule is CCCCCCCCCCCCCCCCCC[N+](C)(CCCCCCCCCC)CCC[Si](OC(C)CC(C)(C)O)(OC(C)CC(C)(C)O)OC(C)CC(C)(C)O. The highest BCUT2D eigenvalue weighted by Gasteiger charge is 2.47. The minimum absolute atomic E-state index is 0.279. The van der Waals surface area contributed by atoms with Gasteiger partial charge in [-0.05, 0) is 88.0 Å². The van der Waals surface area contributed by atoms with Crippen LogP contribution in [0.25, 0.3) is 0 Å². The third-order valence-electron chi connectivity index (χ3n) is 11.8. The number of hydrogen-bond donors (Lipinski definition) is 3. The summed E-state index contributed by atoms with van der Waals surface area (Å²) in [5, 5.41) is 32.2. The van der Waals surface area contributed by atoms with Gasteiger partial charge in [0.15, 0.2) is 0 Å². The van der Waals surface area contributed by atoms with Crippen molar-refractivity contribution in [2.75, 3.05) is 26.7 Å². The molecule has 3 N–H and O–H groups in total. The van der Waals surface area contributed by atoms with Crippen molar-refractivity contribution < 1.29 is 33.1 Å². The van der Waals surface area contributed by atoms with Crippen LogP contribution in [0, 0.1) is 0 Å². The van der Waals surface area contributed by atoms with E-state index in [9.17, 15) is 15.3 Å². The van der Waals surface area contributed by atoms with E-state index in [4.69, 9.17) is 13.3 Å². The molecule has 58 heavy (non-hydrogen) atoms. The lowest BCUT2D eigenvalue weighted by molar-refractivity contribution is -0.910. The van der Waals surface area contributed by atoms with Gasteiger partial charge in [-0.15, -0.1) is 0 Å². The van der Waals surface area contributed by atoms with E-state index in [1.54, 1.807) is 0 Å². The molecule has 0 heterocycles. The molecule has 0 bridgehead atoms. The van der Waals surface area contributed by atoms with Crippen LogP contribution in [0.15, 0.2) is 0 Å². The summed E-state index contributed by atoms with van der Waals surface area (Å²) >= 11 is 0. The molecule has 0 saturated heterocycles. The summed E-state index contributed by atoms with van der Waals surface area (Å²) in [7, 11) is -0.889. The Morgan fingerprint density at radius 2 is 0.621 bits per heavy atom. The number of quaternary nitrogens is 1. The number of nitrogens with zero attached hydrogens (tertiary/aromatic N) is 1. The van der Waals surface area contributed by atoms with Gasteiger partial charge in [0.1, 0.15) is 0 Å². The fourth-order valence-electron chi connectivity index (χ4n) is 9.10. The first-order chi connectivity index (χ1) is 27.1. The number of rotatable bonds is 42. The Balaban J connectivity index is 5.58. The molecule has 0 aromatic heterocycles. The van der Waals surface area contributed by atoms with Crippen molar-refractivity contribution in [3.8, 4) is 0 Å². The van der Waals surface area contributed by atoms with Crippen LogP contribution in [0.1, 0.15) is 256 Å². The van der Waals surface area contributed by atoms with Gasteiger partial charge in [0.2, 0.25) is 0 Å². The second-order valence-corrected chi connectivity index (χ2v) is 23.8. The lowest BCUT2D eigenvalue weighted by Gasteiger charge is -2.40. The van der Waals surface area contributed by atoms with E-state index in [0.29, 0.717) is 25.3 Å². The standard InChI is InChI=1S/C50H106NO6Si/c1-13-15-17-19-21-23-24-25-26-27-28-29-30-32-34-36-39-51(12,38-35-33-31-22-20-18-16-14-2)40-37-41-58(55-45(3)42-48(6,7)52,56-46(4)43-49(8,9)53)57-47(5)44-50(10,11)54/h45-47,52-54H,13-44H2,1-12H3/q+1. The maximum Gasteiger partial charge on any atom is 0.501 e. The third kappa shape index (κ3) is 36.6. The number of aliphatic hydroxyl groups is 3. The van der Waals surface area contributed by atoms with Gasteiger partial charge in [0.25, 0.3) is 0 Å². The summed E-state index contributed by atoms with van der Waals surface area (Å²) in [6.07, 6.45) is 34.4. The molecular formula is C50H106NO6Si+. The van der Waals surface area contributed by atoms with E-state index >= 15 is 0 Å². The molecule has 0 amide bonds. The molecule has 0 aliphatic carbocycles. The lowest BCUT2D eigenvalue weighted by atomic mass is 10.0. The first-order valence-corrected chi connectivity index (χ1v) is 27.1. The van der Waals surface area contributed by atoms with Crippen LogP contribution >= 0.6 is 0 Å². The van der Waals surface area contributed by atoms with Crippen LogP contribution in [0.2, 0.25) is 6.04 Å². The zero-order valence-electron chi connectivity index (χ0n) is 41.4.